The monoisotopic (exact) mass is 280 g/mol. The summed E-state index contributed by atoms with van der Waals surface area (Å²) in [6.45, 7) is 4.71. The topological polar surface area (TPSA) is 69.6 Å². The lowest BCUT2D eigenvalue weighted by atomic mass is 9.78. The van der Waals surface area contributed by atoms with Crippen molar-refractivity contribution in [2.45, 2.75) is 52.0 Å². The first-order valence-electron chi connectivity index (χ1n) is 7.24. The van der Waals surface area contributed by atoms with Gasteiger partial charge in [-0.25, -0.2) is 4.79 Å². The predicted molar refractivity (Wildman–Crippen MR) is 77.2 cm³/mol. The molecule has 2 unspecified atom stereocenters. The van der Waals surface area contributed by atoms with Crippen LogP contribution in [0, 0.1) is 17.8 Å². The average Bonchev–Trinajstić information content (AvgIpc) is 2.46. The molecule has 1 fully saturated rings. The Labute approximate surface area is 120 Å². The van der Waals surface area contributed by atoms with Gasteiger partial charge in [0.1, 0.15) is 0 Å². The van der Waals surface area contributed by atoms with E-state index in [1.165, 1.54) is 0 Å². The largest absolute Gasteiger partial charge is 0.481 e. The number of amides is 2. The average molecular weight is 280 g/mol. The standard InChI is InChI=1S/C15H24N2O3/c1-4-8-12(5-2)16-14(20)17-10-7-9-15(6-3,11-17)13(18)19/h2,12H,4,6-11H2,1,3H3,(H,16,20)(H,18,19). The minimum Gasteiger partial charge on any atom is -0.481 e. The number of piperidine rings is 1. The van der Waals surface area contributed by atoms with Crippen LogP contribution < -0.4 is 5.32 Å². The maximum absolute atomic E-state index is 12.2. The fourth-order valence-electron chi connectivity index (χ4n) is 2.65. The van der Waals surface area contributed by atoms with Gasteiger partial charge in [0.25, 0.3) is 0 Å². The van der Waals surface area contributed by atoms with E-state index in [4.69, 9.17) is 6.42 Å². The van der Waals surface area contributed by atoms with Gasteiger partial charge in [0.15, 0.2) is 0 Å². The Kier molecular flexibility index (Phi) is 5.87. The molecule has 112 valence electrons. The van der Waals surface area contributed by atoms with Crippen LogP contribution in [0.1, 0.15) is 46.0 Å². The lowest BCUT2D eigenvalue weighted by Gasteiger charge is -2.39. The van der Waals surface area contributed by atoms with E-state index in [0.29, 0.717) is 25.8 Å². The smallest absolute Gasteiger partial charge is 0.318 e. The zero-order valence-corrected chi connectivity index (χ0v) is 12.3. The number of hydrogen-bond donors (Lipinski definition) is 2. The highest BCUT2D eigenvalue weighted by atomic mass is 16.4. The van der Waals surface area contributed by atoms with Crippen molar-refractivity contribution in [1.29, 1.82) is 0 Å². The summed E-state index contributed by atoms with van der Waals surface area (Å²) in [6.07, 6.45) is 8.87. The van der Waals surface area contributed by atoms with E-state index in [1.807, 2.05) is 13.8 Å². The molecule has 0 aromatic carbocycles. The molecular formula is C15H24N2O3. The molecule has 20 heavy (non-hydrogen) atoms. The van der Waals surface area contributed by atoms with Crippen LogP contribution in [-0.2, 0) is 4.79 Å². The minimum atomic E-state index is -0.820. The van der Waals surface area contributed by atoms with Gasteiger partial charge in [-0.2, -0.15) is 0 Å². The molecule has 1 aliphatic heterocycles. The number of rotatable bonds is 5. The number of nitrogens with zero attached hydrogens (tertiary/aromatic N) is 1. The molecule has 5 heteroatoms. The number of urea groups is 1. The van der Waals surface area contributed by atoms with E-state index < -0.39 is 11.4 Å². The maximum Gasteiger partial charge on any atom is 0.318 e. The Balaban J connectivity index is 2.69. The summed E-state index contributed by atoms with van der Waals surface area (Å²) in [5, 5.41) is 12.2. The fourth-order valence-corrected chi connectivity index (χ4v) is 2.65. The van der Waals surface area contributed by atoms with Gasteiger partial charge in [0.05, 0.1) is 11.5 Å². The summed E-state index contributed by atoms with van der Waals surface area (Å²) >= 11 is 0. The molecule has 2 atom stereocenters. The summed E-state index contributed by atoms with van der Waals surface area (Å²) in [5.74, 6) is 1.74. The van der Waals surface area contributed by atoms with Crippen molar-refractivity contribution in [3.05, 3.63) is 0 Å². The lowest BCUT2D eigenvalue weighted by Crippen LogP contribution is -2.53. The molecule has 0 saturated carbocycles. The third-order valence-electron chi connectivity index (χ3n) is 4.07. The molecule has 0 aliphatic carbocycles. The van der Waals surface area contributed by atoms with Crippen molar-refractivity contribution in [2.24, 2.45) is 5.41 Å². The van der Waals surface area contributed by atoms with Crippen LogP contribution in [-0.4, -0.2) is 41.1 Å². The number of carboxylic acids is 1. The Morgan fingerprint density at radius 2 is 2.20 bits per heavy atom. The third kappa shape index (κ3) is 3.66. The normalized spacial score (nSPS) is 23.8. The van der Waals surface area contributed by atoms with Crippen molar-refractivity contribution in [1.82, 2.24) is 10.2 Å². The quantitative estimate of drug-likeness (QED) is 0.757. The molecule has 1 aliphatic rings. The highest BCUT2D eigenvalue weighted by molar-refractivity contribution is 5.79. The summed E-state index contributed by atoms with van der Waals surface area (Å²) < 4.78 is 0. The van der Waals surface area contributed by atoms with E-state index in [2.05, 4.69) is 11.2 Å². The van der Waals surface area contributed by atoms with Crippen LogP contribution in [0.3, 0.4) is 0 Å². The number of carbonyl (C=O) groups is 2. The van der Waals surface area contributed by atoms with E-state index in [-0.39, 0.29) is 18.6 Å². The predicted octanol–water partition coefficient (Wildman–Crippen LogP) is 2.07. The van der Waals surface area contributed by atoms with Crippen molar-refractivity contribution < 1.29 is 14.7 Å². The number of hydrogen-bond acceptors (Lipinski definition) is 2. The highest BCUT2D eigenvalue weighted by Gasteiger charge is 2.42. The molecular weight excluding hydrogens is 256 g/mol. The van der Waals surface area contributed by atoms with Crippen molar-refractivity contribution in [3.8, 4) is 12.3 Å². The SMILES string of the molecule is C#CC(CCC)NC(=O)N1CCCC(CC)(C(=O)O)C1. The van der Waals surface area contributed by atoms with Crippen LogP contribution in [0.25, 0.3) is 0 Å². The fraction of sp³-hybridized carbons (Fsp3) is 0.733. The van der Waals surface area contributed by atoms with Crippen LogP contribution in [0.2, 0.25) is 0 Å². The molecule has 2 amide bonds. The number of aliphatic carboxylic acids is 1. The van der Waals surface area contributed by atoms with Gasteiger partial charge >= 0.3 is 12.0 Å². The maximum atomic E-state index is 12.2. The first-order valence-corrected chi connectivity index (χ1v) is 7.24. The Morgan fingerprint density at radius 3 is 2.70 bits per heavy atom. The van der Waals surface area contributed by atoms with E-state index in [9.17, 15) is 14.7 Å². The van der Waals surface area contributed by atoms with Gasteiger partial charge in [0.2, 0.25) is 0 Å². The molecule has 2 N–H and O–H groups in total. The molecule has 1 heterocycles. The van der Waals surface area contributed by atoms with Crippen molar-refractivity contribution in [2.75, 3.05) is 13.1 Å². The summed E-state index contributed by atoms with van der Waals surface area (Å²) in [5.41, 5.74) is -0.814. The molecule has 0 aromatic rings. The summed E-state index contributed by atoms with van der Waals surface area (Å²) in [7, 11) is 0. The number of terminal acetylenes is 1. The summed E-state index contributed by atoms with van der Waals surface area (Å²) in [6, 6.07) is -0.532. The lowest BCUT2D eigenvalue weighted by molar-refractivity contribution is -0.152. The number of nitrogens with one attached hydrogen (secondary N) is 1. The number of carbonyl (C=O) groups excluding carboxylic acids is 1. The molecule has 0 bridgehead atoms. The number of likely N-dealkylation sites (tertiary alicyclic amines) is 1. The second-order valence-corrected chi connectivity index (χ2v) is 5.42. The summed E-state index contributed by atoms with van der Waals surface area (Å²) in [4.78, 5) is 25.2. The van der Waals surface area contributed by atoms with Crippen LogP contribution in [0.5, 0.6) is 0 Å². The van der Waals surface area contributed by atoms with E-state index in [0.717, 1.165) is 12.8 Å². The van der Waals surface area contributed by atoms with Gasteiger partial charge in [-0.15, -0.1) is 6.42 Å². The third-order valence-corrected chi connectivity index (χ3v) is 4.07. The highest BCUT2D eigenvalue weighted by Crippen LogP contribution is 2.33. The van der Waals surface area contributed by atoms with Crippen LogP contribution in [0.15, 0.2) is 0 Å². The van der Waals surface area contributed by atoms with Crippen molar-refractivity contribution in [3.63, 3.8) is 0 Å². The van der Waals surface area contributed by atoms with Gasteiger partial charge in [-0.3, -0.25) is 4.79 Å². The Hall–Kier alpha value is -1.70. The van der Waals surface area contributed by atoms with Gasteiger partial charge in [-0.1, -0.05) is 26.2 Å². The minimum absolute atomic E-state index is 0.250. The molecule has 5 nitrogen and oxygen atoms in total. The zero-order chi connectivity index (χ0) is 15.2. The van der Waals surface area contributed by atoms with Crippen molar-refractivity contribution >= 4 is 12.0 Å². The molecule has 0 spiro atoms. The first-order chi connectivity index (χ1) is 9.49. The van der Waals surface area contributed by atoms with Gasteiger partial charge in [0, 0.05) is 13.1 Å². The molecule has 0 aromatic heterocycles. The zero-order valence-electron chi connectivity index (χ0n) is 12.3. The van der Waals surface area contributed by atoms with Gasteiger partial charge in [-0.05, 0) is 25.7 Å². The van der Waals surface area contributed by atoms with E-state index in [1.54, 1.807) is 4.90 Å². The Bertz CT molecular complexity index is 402. The van der Waals surface area contributed by atoms with Gasteiger partial charge < -0.3 is 15.3 Å². The van der Waals surface area contributed by atoms with Crippen LogP contribution >= 0.6 is 0 Å². The molecule has 0 radical (unpaired) electrons. The second-order valence-electron chi connectivity index (χ2n) is 5.42. The van der Waals surface area contributed by atoms with Crippen LogP contribution in [0.4, 0.5) is 4.79 Å². The first kappa shape index (κ1) is 16.4. The van der Waals surface area contributed by atoms with E-state index >= 15 is 0 Å². The molecule has 1 rings (SSSR count). The molecule has 1 saturated heterocycles. The number of carboxylic acid groups (broad SMARTS) is 1. The Morgan fingerprint density at radius 1 is 1.50 bits per heavy atom. The second kappa shape index (κ2) is 7.18.